The first-order chi connectivity index (χ1) is 7.70. The molecule has 0 aromatic carbocycles. The van der Waals surface area contributed by atoms with Gasteiger partial charge in [0.05, 0.1) is 25.0 Å². The van der Waals surface area contributed by atoms with Crippen LogP contribution in [0.25, 0.3) is 0 Å². The minimum atomic E-state index is -0.896. The SMILES string of the molecule is N#CCCOC(=O)C#CC(=O)OCCC#N. The van der Waals surface area contributed by atoms with Crippen molar-refractivity contribution in [3.05, 3.63) is 0 Å². The monoisotopic (exact) mass is 220 g/mol. The number of hydrogen-bond donors (Lipinski definition) is 0. The first-order valence-electron chi connectivity index (χ1n) is 4.30. The second-order valence-electron chi connectivity index (χ2n) is 2.34. The van der Waals surface area contributed by atoms with E-state index >= 15 is 0 Å². The van der Waals surface area contributed by atoms with Crippen LogP contribution in [0.3, 0.4) is 0 Å². The van der Waals surface area contributed by atoms with Crippen LogP contribution in [0.1, 0.15) is 12.8 Å². The molecule has 0 aromatic heterocycles. The fourth-order valence-electron chi connectivity index (χ4n) is 0.553. The van der Waals surface area contributed by atoms with Gasteiger partial charge in [0.1, 0.15) is 13.2 Å². The summed E-state index contributed by atoms with van der Waals surface area (Å²) in [6.07, 6.45) is 0.139. The zero-order valence-electron chi connectivity index (χ0n) is 8.36. The quantitative estimate of drug-likeness (QED) is 0.284. The van der Waals surface area contributed by atoms with Crippen LogP contribution in [0, 0.1) is 34.5 Å². The van der Waals surface area contributed by atoms with Gasteiger partial charge in [-0.2, -0.15) is 10.5 Å². The Morgan fingerprint density at radius 1 is 0.875 bits per heavy atom. The number of esters is 2. The lowest BCUT2D eigenvalue weighted by Gasteiger charge is -1.94. The Hall–Kier alpha value is -2.52. The van der Waals surface area contributed by atoms with Gasteiger partial charge in [-0.3, -0.25) is 0 Å². The molecular weight excluding hydrogens is 212 g/mol. The lowest BCUT2D eigenvalue weighted by molar-refractivity contribution is -0.138. The van der Waals surface area contributed by atoms with Gasteiger partial charge < -0.3 is 9.47 Å². The molecule has 6 nitrogen and oxygen atoms in total. The molecule has 0 bridgehead atoms. The predicted octanol–water partition coefficient (Wildman–Crippen LogP) is -0.0964. The molecule has 0 atom stereocenters. The van der Waals surface area contributed by atoms with Gasteiger partial charge >= 0.3 is 11.9 Å². The zero-order chi connectivity index (χ0) is 12.2. The minimum Gasteiger partial charge on any atom is -0.455 e. The third kappa shape index (κ3) is 8.10. The van der Waals surface area contributed by atoms with Gasteiger partial charge in [0.2, 0.25) is 0 Å². The summed E-state index contributed by atoms with van der Waals surface area (Å²) in [6, 6.07) is 3.55. The molecule has 6 heteroatoms. The number of hydrogen-bond acceptors (Lipinski definition) is 6. The topological polar surface area (TPSA) is 100 Å². The van der Waals surface area contributed by atoms with Crippen LogP contribution in [0.2, 0.25) is 0 Å². The third-order valence-corrected chi connectivity index (χ3v) is 1.16. The van der Waals surface area contributed by atoms with Crippen molar-refractivity contribution >= 4 is 11.9 Å². The Balaban J connectivity index is 3.82. The van der Waals surface area contributed by atoms with E-state index < -0.39 is 11.9 Å². The molecule has 0 N–H and O–H groups in total. The highest BCUT2D eigenvalue weighted by molar-refractivity contribution is 5.98. The van der Waals surface area contributed by atoms with E-state index in [0.717, 1.165) is 0 Å². The average Bonchev–Trinajstić information content (AvgIpc) is 2.27. The van der Waals surface area contributed by atoms with Gasteiger partial charge in [-0.25, -0.2) is 9.59 Å². The van der Waals surface area contributed by atoms with Crippen molar-refractivity contribution in [1.29, 1.82) is 10.5 Å². The van der Waals surface area contributed by atoms with Gasteiger partial charge in [-0.1, -0.05) is 0 Å². The van der Waals surface area contributed by atoms with Crippen LogP contribution in [0.5, 0.6) is 0 Å². The maximum absolute atomic E-state index is 10.8. The van der Waals surface area contributed by atoms with E-state index in [1.165, 1.54) is 0 Å². The fraction of sp³-hybridized carbons (Fsp3) is 0.400. The molecule has 0 heterocycles. The molecule has 0 spiro atoms. The van der Waals surface area contributed by atoms with Crippen molar-refractivity contribution in [2.24, 2.45) is 0 Å². The molecule has 0 aliphatic rings. The molecule has 82 valence electrons. The highest BCUT2D eigenvalue weighted by Crippen LogP contribution is 1.83. The summed E-state index contributed by atoms with van der Waals surface area (Å²) in [7, 11) is 0. The maximum Gasteiger partial charge on any atom is 0.384 e. The summed E-state index contributed by atoms with van der Waals surface area (Å²) in [6.45, 7) is -0.124. The second-order valence-corrected chi connectivity index (χ2v) is 2.34. The molecule has 0 radical (unpaired) electrons. The lowest BCUT2D eigenvalue weighted by Crippen LogP contribution is -2.06. The normalized spacial score (nSPS) is 7.62. The van der Waals surface area contributed by atoms with Crippen LogP contribution in [0.15, 0.2) is 0 Å². The minimum absolute atomic E-state index is 0.0620. The Labute approximate surface area is 92.4 Å². The summed E-state index contributed by atoms with van der Waals surface area (Å²) in [5.41, 5.74) is 0. The zero-order valence-corrected chi connectivity index (χ0v) is 8.36. The van der Waals surface area contributed by atoms with E-state index in [9.17, 15) is 9.59 Å². The van der Waals surface area contributed by atoms with E-state index in [0.29, 0.717) is 0 Å². The van der Waals surface area contributed by atoms with Crippen LogP contribution >= 0.6 is 0 Å². The molecule has 0 unspecified atom stereocenters. The average molecular weight is 220 g/mol. The first kappa shape index (κ1) is 13.5. The fourth-order valence-corrected chi connectivity index (χ4v) is 0.553. The van der Waals surface area contributed by atoms with E-state index in [4.69, 9.17) is 10.5 Å². The summed E-state index contributed by atoms with van der Waals surface area (Å²) >= 11 is 0. The number of carbonyl (C=O) groups excluding carboxylic acids is 2. The van der Waals surface area contributed by atoms with Crippen molar-refractivity contribution in [1.82, 2.24) is 0 Å². The standard InChI is InChI=1S/C10H8N2O4/c11-5-1-7-15-9(13)3-4-10(14)16-8-2-6-12/h1-2,7-8H2. The van der Waals surface area contributed by atoms with Crippen molar-refractivity contribution in [2.75, 3.05) is 13.2 Å². The van der Waals surface area contributed by atoms with Gasteiger partial charge in [0.15, 0.2) is 0 Å². The molecule has 0 rings (SSSR count). The van der Waals surface area contributed by atoms with Crippen molar-refractivity contribution in [2.45, 2.75) is 12.8 Å². The molecule has 0 aliphatic heterocycles. The lowest BCUT2D eigenvalue weighted by atomic mass is 10.5. The van der Waals surface area contributed by atoms with Gasteiger partial charge in [-0.15, -0.1) is 0 Å². The van der Waals surface area contributed by atoms with Gasteiger partial charge in [0.25, 0.3) is 0 Å². The van der Waals surface area contributed by atoms with Crippen LogP contribution < -0.4 is 0 Å². The molecule has 0 fully saturated rings. The van der Waals surface area contributed by atoms with Crippen LogP contribution in [-0.2, 0) is 19.1 Å². The van der Waals surface area contributed by atoms with Crippen LogP contribution in [0.4, 0.5) is 0 Å². The van der Waals surface area contributed by atoms with Crippen molar-refractivity contribution < 1.29 is 19.1 Å². The number of ether oxygens (including phenoxy) is 2. The van der Waals surface area contributed by atoms with Gasteiger partial charge in [-0.05, 0) is 0 Å². The van der Waals surface area contributed by atoms with E-state index in [2.05, 4.69) is 9.47 Å². The molecule has 0 aromatic rings. The van der Waals surface area contributed by atoms with E-state index in [1.807, 2.05) is 11.8 Å². The number of carbonyl (C=O) groups is 2. The Morgan fingerprint density at radius 2 is 1.25 bits per heavy atom. The second kappa shape index (κ2) is 9.05. The van der Waals surface area contributed by atoms with Crippen molar-refractivity contribution in [3.63, 3.8) is 0 Å². The van der Waals surface area contributed by atoms with Crippen molar-refractivity contribution in [3.8, 4) is 24.0 Å². The van der Waals surface area contributed by atoms with E-state index in [1.54, 1.807) is 12.1 Å². The summed E-state index contributed by atoms with van der Waals surface area (Å²) < 4.78 is 8.93. The third-order valence-electron chi connectivity index (χ3n) is 1.16. The molecule has 0 aliphatic carbocycles. The molecular formula is C10H8N2O4. The largest absolute Gasteiger partial charge is 0.455 e. The number of nitrogens with zero attached hydrogens (tertiary/aromatic N) is 2. The number of rotatable bonds is 4. The predicted molar refractivity (Wildman–Crippen MR) is 50.2 cm³/mol. The maximum atomic E-state index is 10.8. The van der Waals surface area contributed by atoms with Gasteiger partial charge in [0, 0.05) is 11.8 Å². The summed E-state index contributed by atoms with van der Waals surface area (Å²) in [5, 5.41) is 16.3. The smallest absolute Gasteiger partial charge is 0.384 e. The highest BCUT2D eigenvalue weighted by Gasteiger charge is 1.99. The van der Waals surface area contributed by atoms with E-state index in [-0.39, 0.29) is 26.1 Å². The highest BCUT2D eigenvalue weighted by atomic mass is 16.5. The Kier molecular flexibility index (Phi) is 7.63. The van der Waals surface area contributed by atoms with Crippen LogP contribution in [-0.4, -0.2) is 25.2 Å². The Morgan fingerprint density at radius 3 is 1.56 bits per heavy atom. The number of nitriles is 2. The first-order valence-corrected chi connectivity index (χ1v) is 4.30. The molecule has 0 amide bonds. The molecule has 0 saturated carbocycles. The molecule has 0 saturated heterocycles. The summed E-state index contributed by atoms with van der Waals surface area (Å²) in [5.74, 6) is 1.99. The molecule has 16 heavy (non-hydrogen) atoms. The summed E-state index contributed by atoms with van der Waals surface area (Å²) in [4.78, 5) is 21.6. The Bertz CT molecular complexity index is 356.